The Morgan fingerprint density at radius 3 is 2.66 bits per heavy atom. The van der Waals surface area contributed by atoms with E-state index in [9.17, 15) is 9.59 Å². The fraction of sp³-hybridized carbons (Fsp3) is 0.417. The first kappa shape index (κ1) is 22.0. The van der Waals surface area contributed by atoms with Crippen LogP contribution in [-0.4, -0.2) is 63.2 Å². The maximum Gasteiger partial charge on any atom is 0.262 e. The Kier molecular flexibility index (Phi) is 6.50. The maximum absolute atomic E-state index is 12.1. The molecule has 170 valence electrons. The van der Waals surface area contributed by atoms with Crippen molar-refractivity contribution in [3.05, 3.63) is 47.0 Å². The molecule has 0 atom stereocenters. The van der Waals surface area contributed by atoms with Crippen LogP contribution in [0.25, 0.3) is 0 Å². The number of nitrogens with one attached hydrogen (secondary N) is 2. The van der Waals surface area contributed by atoms with Crippen molar-refractivity contribution in [3.63, 3.8) is 0 Å². The Morgan fingerprint density at radius 1 is 1.19 bits per heavy atom. The molecule has 2 amide bonds. The van der Waals surface area contributed by atoms with Crippen LogP contribution in [-0.2, 0) is 11.3 Å². The first-order chi connectivity index (χ1) is 15.5. The summed E-state index contributed by atoms with van der Waals surface area (Å²) < 4.78 is 11.0. The Bertz CT molecular complexity index is 1020. The molecule has 0 saturated carbocycles. The van der Waals surface area contributed by atoms with Crippen LogP contribution in [0.2, 0.25) is 0 Å². The summed E-state index contributed by atoms with van der Waals surface area (Å²) >= 11 is 0. The summed E-state index contributed by atoms with van der Waals surface area (Å²) in [5.41, 5.74) is 4.72. The van der Waals surface area contributed by atoms with Gasteiger partial charge < -0.3 is 25.0 Å². The van der Waals surface area contributed by atoms with Crippen LogP contribution in [0.4, 0.5) is 11.4 Å². The van der Waals surface area contributed by atoms with Crippen LogP contribution in [0.15, 0.2) is 30.3 Å². The molecule has 4 rings (SSSR count). The minimum atomic E-state index is -0.154. The summed E-state index contributed by atoms with van der Waals surface area (Å²) in [7, 11) is 1.61. The Balaban J connectivity index is 1.40. The number of carbonyl (C=O) groups is 2. The highest BCUT2D eigenvalue weighted by atomic mass is 16.5. The number of aryl methyl sites for hydroxylation is 1. The van der Waals surface area contributed by atoms with Gasteiger partial charge in [-0.25, -0.2) is 0 Å². The molecule has 2 N–H and O–H groups in total. The largest absolute Gasteiger partial charge is 0.493 e. The van der Waals surface area contributed by atoms with Gasteiger partial charge in [0.1, 0.15) is 0 Å². The molecule has 0 unspecified atom stereocenters. The summed E-state index contributed by atoms with van der Waals surface area (Å²) in [6.07, 6.45) is 0. The third-order valence-corrected chi connectivity index (χ3v) is 5.87. The lowest BCUT2D eigenvalue weighted by Crippen LogP contribution is -2.46. The molecular formula is C24H30N4O4. The molecule has 8 nitrogen and oxygen atoms in total. The van der Waals surface area contributed by atoms with Gasteiger partial charge in [0.15, 0.2) is 18.1 Å². The average molecular weight is 439 g/mol. The highest BCUT2D eigenvalue weighted by Gasteiger charge is 2.23. The smallest absolute Gasteiger partial charge is 0.262 e. The minimum absolute atomic E-state index is 0.00827. The van der Waals surface area contributed by atoms with Crippen molar-refractivity contribution in [1.29, 1.82) is 0 Å². The molecule has 0 aliphatic carbocycles. The van der Waals surface area contributed by atoms with E-state index in [1.165, 1.54) is 5.69 Å². The standard InChI is InChI=1S/C24H30N4O4/c1-4-25-24(30)18-5-6-20(16(2)11-18)28-9-7-27(8-10-28)14-17-12-19-23(21(13-17)31-3)32-15-22(29)26-19/h5-6,11-13H,4,7-10,14-15H2,1-3H3,(H,25,30)(H,26,29). The van der Waals surface area contributed by atoms with Crippen LogP contribution in [0, 0.1) is 6.92 Å². The van der Waals surface area contributed by atoms with Gasteiger partial charge in [-0.2, -0.15) is 0 Å². The van der Waals surface area contributed by atoms with E-state index in [1.54, 1.807) is 7.11 Å². The summed E-state index contributed by atoms with van der Waals surface area (Å²) in [5, 5.41) is 5.72. The molecule has 1 fully saturated rings. The summed E-state index contributed by atoms with van der Waals surface area (Å²) in [6.45, 7) is 9.02. The van der Waals surface area contributed by atoms with Gasteiger partial charge in [-0.05, 0) is 55.3 Å². The topological polar surface area (TPSA) is 83.1 Å². The third kappa shape index (κ3) is 4.65. The third-order valence-electron chi connectivity index (χ3n) is 5.87. The van der Waals surface area contributed by atoms with Crippen LogP contribution in [0.5, 0.6) is 11.5 Å². The van der Waals surface area contributed by atoms with Gasteiger partial charge in [0, 0.05) is 50.5 Å². The molecule has 2 aliphatic heterocycles. The number of anilines is 2. The summed E-state index contributed by atoms with van der Waals surface area (Å²) in [4.78, 5) is 28.5. The van der Waals surface area contributed by atoms with Gasteiger partial charge in [-0.3, -0.25) is 14.5 Å². The van der Waals surface area contributed by atoms with E-state index >= 15 is 0 Å². The number of fused-ring (bicyclic) bond motifs is 1. The van der Waals surface area contributed by atoms with Gasteiger partial charge in [-0.1, -0.05) is 0 Å². The molecule has 0 spiro atoms. The SMILES string of the molecule is CCNC(=O)c1ccc(N2CCN(Cc3cc4c(c(OC)c3)OCC(=O)N4)CC2)c(C)c1. The number of benzene rings is 2. The van der Waals surface area contributed by atoms with E-state index in [4.69, 9.17) is 9.47 Å². The zero-order valence-corrected chi connectivity index (χ0v) is 18.9. The number of amides is 2. The van der Waals surface area contributed by atoms with E-state index in [1.807, 2.05) is 37.3 Å². The second-order valence-corrected chi connectivity index (χ2v) is 8.14. The lowest BCUT2D eigenvalue weighted by molar-refractivity contribution is -0.118. The molecule has 32 heavy (non-hydrogen) atoms. The number of carbonyl (C=O) groups excluding carboxylic acids is 2. The van der Waals surface area contributed by atoms with E-state index in [2.05, 4.69) is 27.4 Å². The zero-order chi connectivity index (χ0) is 22.7. The number of nitrogens with zero attached hydrogens (tertiary/aromatic N) is 2. The van der Waals surface area contributed by atoms with Crippen molar-refractivity contribution >= 4 is 23.2 Å². The zero-order valence-electron chi connectivity index (χ0n) is 18.9. The van der Waals surface area contributed by atoms with Crippen LogP contribution >= 0.6 is 0 Å². The van der Waals surface area contributed by atoms with Crippen molar-refractivity contribution in [2.75, 3.05) is 56.7 Å². The van der Waals surface area contributed by atoms with E-state index < -0.39 is 0 Å². The first-order valence-corrected chi connectivity index (χ1v) is 11.0. The number of methoxy groups -OCH3 is 1. The molecule has 2 aromatic carbocycles. The van der Waals surface area contributed by atoms with Crippen LogP contribution < -0.4 is 25.0 Å². The molecule has 2 aromatic rings. The monoisotopic (exact) mass is 438 g/mol. The minimum Gasteiger partial charge on any atom is -0.493 e. The van der Waals surface area contributed by atoms with Gasteiger partial charge in [-0.15, -0.1) is 0 Å². The van der Waals surface area contributed by atoms with Gasteiger partial charge in [0.05, 0.1) is 12.8 Å². The quantitative estimate of drug-likeness (QED) is 0.721. The Hall–Kier alpha value is -3.26. The Morgan fingerprint density at radius 2 is 1.97 bits per heavy atom. The van der Waals surface area contributed by atoms with Crippen molar-refractivity contribution in [1.82, 2.24) is 10.2 Å². The number of ether oxygens (including phenoxy) is 2. The number of hydrogen-bond donors (Lipinski definition) is 2. The predicted octanol–water partition coefficient (Wildman–Crippen LogP) is 2.41. The van der Waals surface area contributed by atoms with Crippen molar-refractivity contribution in [2.24, 2.45) is 0 Å². The Labute approximate surface area is 188 Å². The number of piperazine rings is 1. The summed E-state index contributed by atoms with van der Waals surface area (Å²) in [6, 6.07) is 9.85. The lowest BCUT2D eigenvalue weighted by atomic mass is 10.1. The molecule has 0 bridgehead atoms. The van der Waals surface area contributed by atoms with Gasteiger partial charge in [0.25, 0.3) is 11.8 Å². The molecule has 0 aromatic heterocycles. The van der Waals surface area contributed by atoms with Crippen molar-refractivity contribution in [2.45, 2.75) is 20.4 Å². The molecular weight excluding hydrogens is 408 g/mol. The number of hydrogen-bond acceptors (Lipinski definition) is 6. The predicted molar refractivity (Wildman–Crippen MR) is 124 cm³/mol. The van der Waals surface area contributed by atoms with Crippen LogP contribution in [0.3, 0.4) is 0 Å². The lowest BCUT2D eigenvalue weighted by Gasteiger charge is -2.37. The number of rotatable bonds is 6. The second kappa shape index (κ2) is 9.48. The molecule has 8 heteroatoms. The van der Waals surface area contributed by atoms with Gasteiger partial charge >= 0.3 is 0 Å². The molecule has 1 saturated heterocycles. The van der Waals surface area contributed by atoms with Crippen molar-refractivity contribution < 1.29 is 19.1 Å². The van der Waals surface area contributed by atoms with Crippen LogP contribution in [0.1, 0.15) is 28.4 Å². The fourth-order valence-corrected chi connectivity index (χ4v) is 4.29. The fourth-order valence-electron chi connectivity index (χ4n) is 4.29. The first-order valence-electron chi connectivity index (χ1n) is 11.0. The second-order valence-electron chi connectivity index (χ2n) is 8.14. The molecule has 2 heterocycles. The molecule has 0 radical (unpaired) electrons. The highest BCUT2D eigenvalue weighted by Crippen LogP contribution is 2.39. The summed E-state index contributed by atoms with van der Waals surface area (Å²) in [5.74, 6) is 1.04. The maximum atomic E-state index is 12.1. The van der Waals surface area contributed by atoms with E-state index in [0.717, 1.165) is 43.9 Å². The van der Waals surface area contributed by atoms with Gasteiger partial charge in [0.2, 0.25) is 0 Å². The molecule has 2 aliphatic rings. The van der Waals surface area contributed by atoms with E-state index in [-0.39, 0.29) is 18.4 Å². The highest BCUT2D eigenvalue weighted by molar-refractivity contribution is 5.96. The van der Waals surface area contributed by atoms with E-state index in [0.29, 0.717) is 29.3 Å². The average Bonchev–Trinajstić information content (AvgIpc) is 2.79. The normalized spacial score (nSPS) is 16.1. The van der Waals surface area contributed by atoms with Crippen molar-refractivity contribution in [3.8, 4) is 11.5 Å².